The van der Waals surface area contributed by atoms with Crippen molar-refractivity contribution in [2.24, 2.45) is 0 Å². The molecule has 0 aliphatic heterocycles. The smallest absolute Gasteiger partial charge is 0.234 e. The molecule has 5 nitrogen and oxygen atoms in total. The maximum atomic E-state index is 11.4. The van der Waals surface area contributed by atoms with E-state index in [0.717, 1.165) is 6.42 Å². The Morgan fingerprint density at radius 1 is 1.47 bits per heavy atom. The average molecular weight is 218 g/mol. The molecule has 0 bridgehead atoms. The molecule has 0 aliphatic carbocycles. The second-order valence-corrected chi connectivity index (χ2v) is 3.34. The number of hydrogen-bond donors (Lipinski definition) is 2. The van der Waals surface area contributed by atoms with Gasteiger partial charge in [-0.1, -0.05) is 6.92 Å². The molecule has 0 saturated heterocycles. The third-order valence-electron chi connectivity index (χ3n) is 1.97. The lowest BCUT2D eigenvalue weighted by atomic mass is 10.4. The number of amides is 1. The number of methoxy groups -OCH3 is 1. The van der Waals surface area contributed by atoms with Crippen molar-refractivity contribution in [2.45, 2.75) is 13.3 Å². The van der Waals surface area contributed by atoms with Crippen LogP contribution in [0.4, 0.5) is 0 Å². The number of hydrogen-bond acceptors (Lipinski definition) is 4. The molecule has 0 heterocycles. The summed E-state index contributed by atoms with van der Waals surface area (Å²) in [6.45, 7) is 4.84. The van der Waals surface area contributed by atoms with E-state index in [2.05, 4.69) is 5.32 Å². The Kier molecular flexibility index (Phi) is 9.46. The molecule has 0 aromatic heterocycles. The number of aliphatic hydroxyl groups is 1. The Morgan fingerprint density at radius 2 is 2.20 bits per heavy atom. The largest absolute Gasteiger partial charge is 0.395 e. The molecule has 0 aromatic carbocycles. The summed E-state index contributed by atoms with van der Waals surface area (Å²) in [5, 5.41) is 11.6. The molecule has 0 rings (SSSR count). The van der Waals surface area contributed by atoms with Gasteiger partial charge in [0.25, 0.3) is 0 Å². The SMILES string of the molecule is CCCNC(=O)CN(CCO)CCOC. The molecule has 2 N–H and O–H groups in total. The fraction of sp³-hybridized carbons (Fsp3) is 0.900. The number of nitrogens with one attached hydrogen (secondary N) is 1. The average Bonchev–Trinajstić information content (AvgIpc) is 2.23. The number of ether oxygens (including phenoxy) is 1. The summed E-state index contributed by atoms with van der Waals surface area (Å²) >= 11 is 0. The molecule has 0 aromatic rings. The van der Waals surface area contributed by atoms with Crippen molar-refractivity contribution in [1.82, 2.24) is 10.2 Å². The zero-order valence-corrected chi connectivity index (χ0v) is 9.66. The van der Waals surface area contributed by atoms with Gasteiger partial charge in [-0.05, 0) is 6.42 Å². The lowest BCUT2D eigenvalue weighted by Crippen LogP contribution is -2.40. The first-order valence-corrected chi connectivity index (χ1v) is 5.33. The van der Waals surface area contributed by atoms with Gasteiger partial charge in [0.15, 0.2) is 0 Å². The lowest BCUT2D eigenvalue weighted by molar-refractivity contribution is -0.122. The molecule has 15 heavy (non-hydrogen) atoms. The molecular weight excluding hydrogens is 196 g/mol. The monoisotopic (exact) mass is 218 g/mol. The maximum absolute atomic E-state index is 11.4. The van der Waals surface area contributed by atoms with Gasteiger partial charge in [0.2, 0.25) is 5.91 Å². The van der Waals surface area contributed by atoms with Crippen LogP contribution >= 0.6 is 0 Å². The highest BCUT2D eigenvalue weighted by atomic mass is 16.5. The standard InChI is InChI=1S/C10H22N2O3/c1-3-4-11-10(14)9-12(5-7-13)6-8-15-2/h13H,3-9H2,1-2H3,(H,11,14). The second kappa shape index (κ2) is 9.89. The molecule has 0 radical (unpaired) electrons. The fourth-order valence-electron chi connectivity index (χ4n) is 1.16. The number of rotatable bonds is 9. The molecule has 0 fully saturated rings. The second-order valence-electron chi connectivity index (χ2n) is 3.34. The van der Waals surface area contributed by atoms with E-state index in [1.165, 1.54) is 0 Å². The maximum Gasteiger partial charge on any atom is 0.234 e. The molecular formula is C10H22N2O3. The van der Waals surface area contributed by atoms with Crippen molar-refractivity contribution < 1.29 is 14.6 Å². The molecule has 0 saturated carbocycles. The van der Waals surface area contributed by atoms with Crippen LogP contribution in [0.25, 0.3) is 0 Å². The Labute approximate surface area is 91.4 Å². The molecule has 0 spiro atoms. The van der Waals surface area contributed by atoms with Gasteiger partial charge in [0.05, 0.1) is 19.8 Å². The van der Waals surface area contributed by atoms with Gasteiger partial charge in [-0.2, -0.15) is 0 Å². The number of carbonyl (C=O) groups excluding carboxylic acids is 1. The normalized spacial score (nSPS) is 10.7. The lowest BCUT2D eigenvalue weighted by Gasteiger charge is -2.19. The minimum absolute atomic E-state index is 0.00130. The summed E-state index contributed by atoms with van der Waals surface area (Å²) in [4.78, 5) is 13.2. The molecule has 5 heteroatoms. The quantitative estimate of drug-likeness (QED) is 0.545. The molecule has 0 unspecified atom stereocenters. The molecule has 1 amide bonds. The predicted octanol–water partition coefficient (Wildman–Crippen LogP) is -0.547. The van der Waals surface area contributed by atoms with E-state index >= 15 is 0 Å². The van der Waals surface area contributed by atoms with Gasteiger partial charge in [-0.3, -0.25) is 9.69 Å². The van der Waals surface area contributed by atoms with E-state index in [0.29, 0.717) is 32.8 Å². The Hall–Kier alpha value is -0.650. The van der Waals surface area contributed by atoms with Crippen molar-refractivity contribution in [3.05, 3.63) is 0 Å². The van der Waals surface area contributed by atoms with E-state index in [1.807, 2.05) is 11.8 Å². The summed E-state index contributed by atoms with van der Waals surface area (Å²) in [6, 6.07) is 0. The zero-order valence-electron chi connectivity index (χ0n) is 9.66. The summed E-state index contributed by atoms with van der Waals surface area (Å²) in [5.74, 6) is 0.00130. The Balaban J connectivity index is 3.76. The van der Waals surface area contributed by atoms with Crippen LogP contribution < -0.4 is 5.32 Å². The van der Waals surface area contributed by atoms with Crippen LogP contribution in [0.3, 0.4) is 0 Å². The number of aliphatic hydroxyl groups excluding tert-OH is 1. The van der Waals surface area contributed by atoms with Crippen LogP contribution in [0.1, 0.15) is 13.3 Å². The van der Waals surface area contributed by atoms with Crippen molar-refractivity contribution in [3.8, 4) is 0 Å². The van der Waals surface area contributed by atoms with Gasteiger partial charge in [-0.25, -0.2) is 0 Å². The van der Waals surface area contributed by atoms with E-state index in [-0.39, 0.29) is 12.5 Å². The number of nitrogens with zero attached hydrogens (tertiary/aromatic N) is 1. The third-order valence-corrected chi connectivity index (χ3v) is 1.97. The van der Waals surface area contributed by atoms with Crippen LogP contribution in [-0.2, 0) is 9.53 Å². The minimum Gasteiger partial charge on any atom is -0.395 e. The first kappa shape index (κ1) is 14.3. The summed E-state index contributed by atoms with van der Waals surface area (Å²) in [7, 11) is 1.62. The zero-order chi connectivity index (χ0) is 11.5. The van der Waals surface area contributed by atoms with Gasteiger partial charge in [-0.15, -0.1) is 0 Å². The van der Waals surface area contributed by atoms with E-state index in [9.17, 15) is 4.79 Å². The van der Waals surface area contributed by atoms with Crippen molar-refractivity contribution in [2.75, 3.05) is 46.5 Å². The van der Waals surface area contributed by atoms with E-state index < -0.39 is 0 Å². The van der Waals surface area contributed by atoms with Crippen molar-refractivity contribution in [1.29, 1.82) is 0 Å². The highest BCUT2D eigenvalue weighted by molar-refractivity contribution is 5.77. The van der Waals surface area contributed by atoms with Gasteiger partial charge >= 0.3 is 0 Å². The summed E-state index contributed by atoms with van der Waals surface area (Å²) in [5.41, 5.74) is 0. The summed E-state index contributed by atoms with van der Waals surface area (Å²) in [6.07, 6.45) is 0.934. The Morgan fingerprint density at radius 3 is 2.73 bits per heavy atom. The predicted molar refractivity (Wildman–Crippen MR) is 58.7 cm³/mol. The molecule has 90 valence electrons. The van der Waals surface area contributed by atoms with Crippen molar-refractivity contribution in [3.63, 3.8) is 0 Å². The van der Waals surface area contributed by atoms with Crippen LogP contribution in [0.2, 0.25) is 0 Å². The fourth-order valence-corrected chi connectivity index (χ4v) is 1.16. The van der Waals surface area contributed by atoms with Crippen LogP contribution in [0, 0.1) is 0 Å². The van der Waals surface area contributed by atoms with E-state index in [1.54, 1.807) is 7.11 Å². The molecule has 0 aliphatic rings. The number of carbonyl (C=O) groups is 1. The molecule has 0 atom stereocenters. The van der Waals surface area contributed by atoms with Crippen molar-refractivity contribution >= 4 is 5.91 Å². The third kappa shape index (κ3) is 8.35. The van der Waals surface area contributed by atoms with Gasteiger partial charge in [0.1, 0.15) is 0 Å². The van der Waals surface area contributed by atoms with Gasteiger partial charge in [0, 0.05) is 26.7 Å². The first-order chi connectivity index (χ1) is 7.24. The highest BCUT2D eigenvalue weighted by Crippen LogP contribution is 1.88. The van der Waals surface area contributed by atoms with Crippen LogP contribution in [-0.4, -0.2) is 62.4 Å². The van der Waals surface area contributed by atoms with Crippen LogP contribution in [0.5, 0.6) is 0 Å². The van der Waals surface area contributed by atoms with Gasteiger partial charge < -0.3 is 15.2 Å². The first-order valence-electron chi connectivity index (χ1n) is 5.33. The minimum atomic E-state index is 0.00130. The topological polar surface area (TPSA) is 61.8 Å². The Bertz CT molecular complexity index is 165. The van der Waals surface area contributed by atoms with Crippen LogP contribution in [0.15, 0.2) is 0 Å². The summed E-state index contributed by atoms with van der Waals surface area (Å²) < 4.78 is 4.93. The highest BCUT2D eigenvalue weighted by Gasteiger charge is 2.08. The van der Waals surface area contributed by atoms with E-state index in [4.69, 9.17) is 9.84 Å².